The predicted molar refractivity (Wildman–Crippen MR) is 87.5 cm³/mol. The fraction of sp³-hybridized carbons (Fsp3) is 0.500. The van der Waals surface area contributed by atoms with Gasteiger partial charge in [0.2, 0.25) is 17.4 Å². The number of esters is 1. The van der Waals surface area contributed by atoms with Gasteiger partial charge in [0, 0.05) is 13.5 Å². The Morgan fingerprint density at radius 3 is 2.52 bits per heavy atom. The molecule has 7 heteroatoms. The maximum atomic E-state index is 12.9. The van der Waals surface area contributed by atoms with Gasteiger partial charge in [0.05, 0.1) is 19.8 Å². The Morgan fingerprint density at radius 2 is 1.92 bits per heavy atom. The maximum Gasteiger partial charge on any atom is 0.368 e. The molecule has 0 saturated carbocycles. The molecule has 0 bridgehead atoms. The number of rotatable bonds is 4. The first-order valence-electron chi connectivity index (χ1n) is 8.33. The van der Waals surface area contributed by atoms with Crippen LogP contribution in [0.4, 0.5) is 0 Å². The van der Waals surface area contributed by atoms with Crippen molar-refractivity contribution in [3.63, 3.8) is 0 Å². The van der Waals surface area contributed by atoms with Crippen LogP contribution in [-0.4, -0.2) is 49.0 Å². The number of benzene rings is 1. The van der Waals surface area contributed by atoms with Crippen molar-refractivity contribution in [1.82, 2.24) is 4.90 Å². The molecule has 7 nitrogen and oxygen atoms in total. The molecule has 2 N–H and O–H groups in total. The highest BCUT2D eigenvalue weighted by atomic mass is 16.5. The second-order valence-corrected chi connectivity index (χ2v) is 6.63. The highest BCUT2D eigenvalue weighted by molar-refractivity contribution is 6.08. The van der Waals surface area contributed by atoms with E-state index in [1.54, 1.807) is 26.3 Å². The van der Waals surface area contributed by atoms with Crippen LogP contribution >= 0.6 is 0 Å². The van der Waals surface area contributed by atoms with E-state index < -0.39 is 29.4 Å². The van der Waals surface area contributed by atoms with Gasteiger partial charge >= 0.3 is 5.97 Å². The van der Waals surface area contributed by atoms with Crippen LogP contribution in [0.15, 0.2) is 24.3 Å². The lowest BCUT2D eigenvalue weighted by molar-refractivity contribution is -0.731. The topological polar surface area (TPSA) is 89.5 Å². The summed E-state index contributed by atoms with van der Waals surface area (Å²) in [6.45, 7) is 3.73. The van der Waals surface area contributed by atoms with Crippen molar-refractivity contribution in [3.05, 3.63) is 29.8 Å². The van der Waals surface area contributed by atoms with Gasteiger partial charge < -0.3 is 14.8 Å². The highest BCUT2D eigenvalue weighted by Gasteiger charge is 2.70. The Bertz CT molecular complexity index is 734. The molecule has 0 unspecified atom stereocenters. The molecule has 2 heterocycles. The van der Waals surface area contributed by atoms with Gasteiger partial charge in [-0.3, -0.25) is 14.5 Å². The van der Waals surface area contributed by atoms with Gasteiger partial charge in [-0.2, -0.15) is 0 Å². The van der Waals surface area contributed by atoms with Gasteiger partial charge in [-0.25, -0.2) is 4.79 Å². The number of fused-ring (bicyclic) bond motifs is 1. The van der Waals surface area contributed by atoms with E-state index in [9.17, 15) is 14.4 Å². The van der Waals surface area contributed by atoms with E-state index in [1.807, 2.05) is 24.3 Å². The molecule has 1 aromatic rings. The van der Waals surface area contributed by atoms with E-state index in [0.29, 0.717) is 12.3 Å². The molecule has 134 valence electrons. The van der Waals surface area contributed by atoms with Crippen molar-refractivity contribution >= 4 is 17.8 Å². The third-order valence-electron chi connectivity index (χ3n) is 5.44. The van der Waals surface area contributed by atoms with Crippen molar-refractivity contribution in [2.24, 2.45) is 11.8 Å². The molecule has 0 aromatic heterocycles. The minimum absolute atomic E-state index is 0.239. The van der Waals surface area contributed by atoms with Crippen LogP contribution in [-0.2, 0) is 19.1 Å². The number of nitrogens with two attached hydrogens (primary N) is 1. The Morgan fingerprint density at radius 1 is 1.24 bits per heavy atom. The number of imide groups is 1. The van der Waals surface area contributed by atoms with Crippen molar-refractivity contribution in [2.75, 3.05) is 20.8 Å². The number of hydrogen-bond donors (Lipinski definition) is 1. The zero-order valence-electron chi connectivity index (χ0n) is 14.8. The lowest BCUT2D eigenvalue weighted by atomic mass is 9.80. The molecule has 1 aromatic carbocycles. The van der Waals surface area contributed by atoms with Crippen LogP contribution in [0.3, 0.4) is 0 Å². The third-order valence-corrected chi connectivity index (χ3v) is 5.44. The largest absolute Gasteiger partial charge is 0.496 e. The summed E-state index contributed by atoms with van der Waals surface area (Å²) in [6.07, 6.45) is 0. The molecule has 3 rings (SSSR count). The molecule has 2 aliphatic heterocycles. The molecule has 0 aliphatic carbocycles. The van der Waals surface area contributed by atoms with Gasteiger partial charge in [0.1, 0.15) is 23.6 Å². The van der Waals surface area contributed by atoms with Crippen LogP contribution in [0.2, 0.25) is 0 Å². The van der Waals surface area contributed by atoms with Crippen LogP contribution < -0.4 is 10.1 Å². The van der Waals surface area contributed by atoms with Crippen LogP contribution in [0.1, 0.15) is 25.5 Å². The molecule has 0 radical (unpaired) electrons. The Kier molecular flexibility index (Phi) is 4.28. The van der Waals surface area contributed by atoms with Crippen LogP contribution in [0, 0.1) is 11.8 Å². The molecule has 2 fully saturated rings. The summed E-state index contributed by atoms with van der Waals surface area (Å²) in [5.74, 6) is -1.78. The van der Waals surface area contributed by atoms with E-state index in [1.165, 1.54) is 12.0 Å². The molecule has 2 aliphatic rings. The summed E-state index contributed by atoms with van der Waals surface area (Å²) < 4.78 is 10.4. The lowest BCUT2D eigenvalue weighted by Crippen LogP contribution is -2.97. The normalized spacial score (nSPS) is 31.2. The molecule has 2 saturated heterocycles. The van der Waals surface area contributed by atoms with Crippen molar-refractivity contribution in [1.29, 1.82) is 0 Å². The Labute approximate surface area is 146 Å². The number of likely N-dealkylation sites (tertiary alicyclic amines) is 1. The third kappa shape index (κ3) is 2.33. The highest BCUT2D eigenvalue weighted by Crippen LogP contribution is 2.45. The molecule has 4 atom stereocenters. The quantitative estimate of drug-likeness (QED) is 0.605. The first-order valence-corrected chi connectivity index (χ1v) is 8.33. The number of carbonyl (C=O) groups excluding carboxylic acids is 3. The first kappa shape index (κ1) is 17.4. The van der Waals surface area contributed by atoms with Gasteiger partial charge in [-0.05, 0) is 19.1 Å². The molecule has 25 heavy (non-hydrogen) atoms. The fourth-order valence-electron chi connectivity index (χ4n) is 4.28. The van der Waals surface area contributed by atoms with Crippen molar-refractivity contribution < 1.29 is 29.2 Å². The Balaban J connectivity index is 2.14. The van der Waals surface area contributed by atoms with Crippen LogP contribution in [0.25, 0.3) is 0 Å². The van der Waals surface area contributed by atoms with E-state index in [4.69, 9.17) is 9.47 Å². The zero-order valence-corrected chi connectivity index (χ0v) is 14.8. The van der Waals surface area contributed by atoms with Gasteiger partial charge in [0.25, 0.3) is 0 Å². The average molecular weight is 347 g/mol. The minimum Gasteiger partial charge on any atom is -0.496 e. The van der Waals surface area contributed by atoms with Crippen molar-refractivity contribution in [2.45, 2.75) is 25.4 Å². The van der Waals surface area contributed by atoms with E-state index >= 15 is 0 Å². The standard InChI is InChI=1S/C18H22N2O5/c1-5-20-15(21)12-13(16(20)22)18(2,17(23)25-4)19-14(12)10-8-6-7-9-11(10)24-3/h6-9,12-14,19H,5H2,1-4H3/p+1/t12-,13-,14+,18+/m0/s1. The summed E-state index contributed by atoms with van der Waals surface area (Å²) >= 11 is 0. The second kappa shape index (κ2) is 6.15. The summed E-state index contributed by atoms with van der Waals surface area (Å²) in [5, 5.41) is 1.79. The van der Waals surface area contributed by atoms with Gasteiger partial charge in [0.15, 0.2) is 0 Å². The summed E-state index contributed by atoms with van der Waals surface area (Å²) in [6, 6.07) is 6.98. The average Bonchev–Trinajstić information content (AvgIpc) is 3.08. The minimum atomic E-state index is -1.15. The van der Waals surface area contributed by atoms with Gasteiger partial charge in [-0.15, -0.1) is 0 Å². The predicted octanol–water partition coefficient (Wildman–Crippen LogP) is -0.134. The number of amides is 2. The number of quaternary nitrogens is 1. The SMILES string of the molecule is CCN1C(=O)[C@@H]2[C@@H](c3ccccc3OC)[NH2+][C@@](C)(C(=O)OC)[C@@H]2C1=O. The van der Waals surface area contributed by atoms with E-state index in [2.05, 4.69) is 0 Å². The number of carbonyl (C=O) groups is 3. The number of hydrogen-bond acceptors (Lipinski definition) is 5. The zero-order chi connectivity index (χ0) is 18.4. The molecule has 0 spiro atoms. The number of para-hydroxylation sites is 1. The fourth-order valence-corrected chi connectivity index (χ4v) is 4.28. The molecular formula is C18H23N2O5+. The Hall–Kier alpha value is -2.41. The molecule has 2 amide bonds. The molecular weight excluding hydrogens is 324 g/mol. The second-order valence-electron chi connectivity index (χ2n) is 6.63. The summed E-state index contributed by atoms with van der Waals surface area (Å²) in [7, 11) is 2.86. The smallest absolute Gasteiger partial charge is 0.368 e. The first-order chi connectivity index (χ1) is 11.9. The van der Waals surface area contributed by atoms with E-state index in [0.717, 1.165) is 5.56 Å². The number of methoxy groups -OCH3 is 2. The van der Waals surface area contributed by atoms with Crippen LogP contribution in [0.5, 0.6) is 5.75 Å². The number of nitrogens with zero attached hydrogens (tertiary/aromatic N) is 1. The monoisotopic (exact) mass is 347 g/mol. The van der Waals surface area contributed by atoms with Crippen molar-refractivity contribution in [3.8, 4) is 5.75 Å². The lowest BCUT2D eigenvalue weighted by Gasteiger charge is -2.25. The maximum absolute atomic E-state index is 12.9. The van der Waals surface area contributed by atoms with E-state index in [-0.39, 0.29) is 11.8 Å². The summed E-state index contributed by atoms with van der Waals surface area (Å²) in [4.78, 5) is 39.5. The van der Waals surface area contributed by atoms with Gasteiger partial charge in [-0.1, -0.05) is 12.1 Å². The summed E-state index contributed by atoms with van der Waals surface area (Å²) in [5.41, 5.74) is -0.353. The number of ether oxygens (including phenoxy) is 2.